The molecular formula is C23H32N6O7S. The number of carbonyl (C=O) groups is 5. The van der Waals surface area contributed by atoms with E-state index in [2.05, 4.69) is 20.9 Å². The predicted octanol–water partition coefficient (Wildman–Crippen LogP) is -1.80. The fraction of sp³-hybridized carbons (Fsp3) is 0.435. The molecule has 202 valence electrons. The van der Waals surface area contributed by atoms with Gasteiger partial charge in [0.25, 0.3) is 0 Å². The van der Waals surface area contributed by atoms with Crippen molar-refractivity contribution < 1.29 is 34.2 Å². The Morgan fingerprint density at radius 1 is 1.00 bits per heavy atom. The number of aliphatic hydroxyl groups excluding tert-OH is 1. The van der Waals surface area contributed by atoms with Gasteiger partial charge >= 0.3 is 5.97 Å². The molecule has 10 N–H and O–H groups in total. The highest BCUT2D eigenvalue weighted by Crippen LogP contribution is 2.18. The average Bonchev–Trinajstić information content (AvgIpc) is 3.26. The number of primary amides is 1. The van der Waals surface area contributed by atoms with Gasteiger partial charge in [-0.2, -0.15) is 11.8 Å². The highest BCUT2D eigenvalue weighted by atomic mass is 32.2. The van der Waals surface area contributed by atoms with Gasteiger partial charge in [-0.1, -0.05) is 18.2 Å². The number of benzene rings is 1. The van der Waals surface area contributed by atoms with Crippen LogP contribution in [0.15, 0.2) is 30.5 Å². The number of aliphatic carboxylic acids is 1. The summed E-state index contributed by atoms with van der Waals surface area (Å²) in [6, 6.07) is 2.23. The number of nitrogens with one attached hydrogen (secondary N) is 4. The predicted molar refractivity (Wildman–Crippen MR) is 137 cm³/mol. The van der Waals surface area contributed by atoms with Crippen LogP contribution in [0.4, 0.5) is 0 Å². The summed E-state index contributed by atoms with van der Waals surface area (Å²) in [6.45, 7) is -0.848. The molecule has 2 aromatic rings. The zero-order chi connectivity index (χ0) is 27.5. The molecule has 4 unspecified atom stereocenters. The second-order valence-electron chi connectivity index (χ2n) is 8.33. The number of amides is 4. The van der Waals surface area contributed by atoms with E-state index in [4.69, 9.17) is 16.6 Å². The Morgan fingerprint density at radius 2 is 1.62 bits per heavy atom. The van der Waals surface area contributed by atoms with Crippen LogP contribution in [0.3, 0.4) is 0 Å². The lowest BCUT2D eigenvalue weighted by Gasteiger charge is -2.24. The van der Waals surface area contributed by atoms with Crippen molar-refractivity contribution in [1.82, 2.24) is 20.9 Å². The maximum Gasteiger partial charge on any atom is 0.328 e. The van der Waals surface area contributed by atoms with Crippen molar-refractivity contribution in [2.75, 3.05) is 18.6 Å². The third-order valence-electron chi connectivity index (χ3n) is 5.53. The van der Waals surface area contributed by atoms with Crippen LogP contribution in [0, 0.1) is 0 Å². The highest BCUT2D eigenvalue weighted by molar-refractivity contribution is 7.98. The Morgan fingerprint density at radius 3 is 2.24 bits per heavy atom. The van der Waals surface area contributed by atoms with E-state index >= 15 is 0 Å². The number of aromatic nitrogens is 1. The molecule has 1 aromatic heterocycles. The molecule has 1 heterocycles. The maximum absolute atomic E-state index is 13.0. The number of hydrogen-bond donors (Lipinski definition) is 8. The van der Waals surface area contributed by atoms with Crippen LogP contribution >= 0.6 is 11.8 Å². The van der Waals surface area contributed by atoms with Gasteiger partial charge in [0.2, 0.25) is 23.6 Å². The average molecular weight is 537 g/mol. The first-order valence-electron chi connectivity index (χ1n) is 11.4. The van der Waals surface area contributed by atoms with E-state index in [1.807, 2.05) is 24.3 Å². The Hall–Kier alpha value is -3.62. The number of carbonyl (C=O) groups excluding carboxylic acids is 4. The fourth-order valence-electron chi connectivity index (χ4n) is 3.55. The summed E-state index contributed by atoms with van der Waals surface area (Å²) in [5, 5.41) is 26.1. The van der Waals surface area contributed by atoms with Crippen molar-refractivity contribution in [3.63, 3.8) is 0 Å². The second-order valence-corrected chi connectivity index (χ2v) is 9.31. The third-order valence-corrected chi connectivity index (χ3v) is 6.17. The van der Waals surface area contributed by atoms with Crippen LogP contribution in [0.1, 0.15) is 18.4 Å². The zero-order valence-corrected chi connectivity index (χ0v) is 21.0. The smallest absolute Gasteiger partial charge is 0.328 e. The standard InChI is InChI=1S/C23H32N6O7S/c1-37-7-6-16(21(33)29-18(11-30)23(35)36)27-22(34)17(9-19(25)31)28-20(32)14(24)8-12-10-26-15-5-3-2-4-13(12)15/h2-5,10,14,16-18,26,30H,6-9,11,24H2,1H3,(H2,25,31)(H,27,34)(H,28,32)(H,29,33)(H,35,36). The van der Waals surface area contributed by atoms with Gasteiger partial charge in [0.05, 0.1) is 19.1 Å². The molecule has 4 amide bonds. The number of rotatable bonds is 15. The Kier molecular flexibility index (Phi) is 11.4. The van der Waals surface area contributed by atoms with Crippen LogP contribution in [0.5, 0.6) is 0 Å². The first-order valence-corrected chi connectivity index (χ1v) is 12.8. The molecule has 2 rings (SSSR count). The molecular weight excluding hydrogens is 504 g/mol. The van der Waals surface area contributed by atoms with Gasteiger partial charge in [-0.25, -0.2) is 4.79 Å². The lowest BCUT2D eigenvalue weighted by molar-refractivity contribution is -0.143. The van der Waals surface area contributed by atoms with E-state index in [0.29, 0.717) is 5.75 Å². The number of H-pyrrole nitrogens is 1. The van der Waals surface area contributed by atoms with Gasteiger partial charge in [0, 0.05) is 17.1 Å². The van der Waals surface area contributed by atoms with E-state index in [1.54, 1.807) is 12.5 Å². The molecule has 37 heavy (non-hydrogen) atoms. The van der Waals surface area contributed by atoms with Crippen LogP contribution < -0.4 is 27.4 Å². The van der Waals surface area contributed by atoms with Crippen LogP contribution in [-0.2, 0) is 30.4 Å². The monoisotopic (exact) mass is 536 g/mol. The SMILES string of the molecule is CSCCC(NC(=O)C(CC(N)=O)NC(=O)C(N)Cc1c[nH]c2ccccc12)C(=O)NC(CO)C(=O)O. The van der Waals surface area contributed by atoms with E-state index in [0.717, 1.165) is 16.5 Å². The van der Waals surface area contributed by atoms with Crippen LogP contribution in [0.25, 0.3) is 10.9 Å². The van der Waals surface area contributed by atoms with Crippen molar-refractivity contribution in [1.29, 1.82) is 0 Å². The van der Waals surface area contributed by atoms with E-state index in [9.17, 15) is 29.1 Å². The molecule has 0 saturated heterocycles. The number of hydrogen-bond acceptors (Lipinski definition) is 8. The van der Waals surface area contributed by atoms with Gasteiger partial charge < -0.3 is 42.6 Å². The first kappa shape index (κ1) is 29.6. The minimum Gasteiger partial charge on any atom is -0.480 e. The molecule has 13 nitrogen and oxygen atoms in total. The largest absolute Gasteiger partial charge is 0.480 e. The Bertz CT molecular complexity index is 1120. The zero-order valence-electron chi connectivity index (χ0n) is 20.2. The van der Waals surface area contributed by atoms with E-state index in [1.165, 1.54) is 11.8 Å². The molecule has 0 aliphatic carbocycles. The normalized spacial score (nSPS) is 14.2. The molecule has 0 aliphatic heterocycles. The van der Waals surface area contributed by atoms with Crippen molar-refractivity contribution in [3.8, 4) is 0 Å². The summed E-state index contributed by atoms with van der Waals surface area (Å²) >= 11 is 1.38. The summed E-state index contributed by atoms with van der Waals surface area (Å²) in [5.41, 5.74) is 13.0. The van der Waals surface area contributed by atoms with Gasteiger partial charge in [0.1, 0.15) is 18.1 Å². The summed E-state index contributed by atoms with van der Waals surface area (Å²) < 4.78 is 0. The number of aromatic amines is 1. The van der Waals surface area contributed by atoms with Crippen molar-refractivity contribution >= 4 is 52.3 Å². The van der Waals surface area contributed by atoms with Crippen molar-refractivity contribution in [3.05, 3.63) is 36.0 Å². The summed E-state index contributed by atoms with van der Waals surface area (Å²) in [5.74, 6) is -4.32. The van der Waals surface area contributed by atoms with Gasteiger partial charge in [-0.15, -0.1) is 0 Å². The van der Waals surface area contributed by atoms with Crippen LogP contribution in [-0.4, -0.2) is 87.6 Å². The van der Waals surface area contributed by atoms with E-state index in [-0.39, 0.29) is 12.8 Å². The number of carboxylic acid groups (broad SMARTS) is 1. The number of fused-ring (bicyclic) bond motifs is 1. The summed E-state index contributed by atoms with van der Waals surface area (Å²) in [7, 11) is 0. The number of nitrogens with two attached hydrogens (primary N) is 2. The minimum absolute atomic E-state index is 0.119. The first-order chi connectivity index (χ1) is 17.6. The maximum atomic E-state index is 13.0. The molecule has 1 aromatic carbocycles. The van der Waals surface area contributed by atoms with Crippen molar-refractivity contribution in [2.24, 2.45) is 11.5 Å². The molecule has 14 heteroatoms. The quantitative estimate of drug-likeness (QED) is 0.128. The minimum atomic E-state index is -1.56. The number of para-hydroxylation sites is 1. The number of aliphatic hydroxyl groups is 1. The summed E-state index contributed by atoms with van der Waals surface area (Å²) in [6.07, 6.45) is 3.22. The second kappa shape index (κ2) is 14.2. The van der Waals surface area contributed by atoms with Crippen LogP contribution in [0.2, 0.25) is 0 Å². The van der Waals surface area contributed by atoms with Crippen molar-refractivity contribution in [2.45, 2.75) is 43.4 Å². The lowest BCUT2D eigenvalue weighted by atomic mass is 10.0. The fourth-order valence-corrected chi connectivity index (χ4v) is 4.03. The molecule has 0 spiro atoms. The molecule has 4 atom stereocenters. The van der Waals surface area contributed by atoms with Gasteiger partial charge in [-0.05, 0) is 36.5 Å². The topological polar surface area (TPSA) is 230 Å². The number of thioether (sulfide) groups is 1. The highest BCUT2D eigenvalue weighted by Gasteiger charge is 2.31. The van der Waals surface area contributed by atoms with E-state index < -0.39 is 66.8 Å². The lowest BCUT2D eigenvalue weighted by Crippen LogP contribution is -2.58. The number of carboxylic acids is 1. The summed E-state index contributed by atoms with van der Waals surface area (Å²) in [4.78, 5) is 64.2. The molecule has 0 radical (unpaired) electrons. The Labute approximate surface area is 217 Å². The molecule has 0 saturated carbocycles. The molecule has 0 bridgehead atoms. The van der Waals surface area contributed by atoms with Gasteiger partial charge in [-0.3, -0.25) is 19.2 Å². The Balaban J connectivity index is 2.11. The third kappa shape index (κ3) is 8.77. The molecule has 0 fully saturated rings. The van der Waals surface area contributed by atoms with Gasteiger partial charge in [0.15, 0.2) is 0 Å². The molecule has 0 aliphatic rings.